The summed E-state index contributed by atoms with van der Waals surface area (Å²) in [4.78, 5) is 1.49. The molecule has 1 atom stereocenters. The molecule has 0 amide bonds. The van der Waals surface area contributed by atoms with Gasteiger partial charge in [-0.2, -0.15) is 0 Å². The van der Waals surface area contributed by atoms with Crippen molar-refractivity contribution in [1.82, 2.24) is 0 Å². The fourth-order valence-electron chi connectivity index (χ4n) is 0.745. The maximum atomic E-state index is 2.30. The van der Waals surface area contributed by atoms with Crippen LogP contribution in [0, 0.1) is 0 Å². The van der Waals surface area contributed by atoms with Crippen molar-refractivity contribution < 1.29 is 0 Å². The average molecular weight is 112 g/mol. The normalized spacial score (nSPS) is 29.4. The van der Waals surface area contributed by atoms with E-state index in [1.807, 2.05) is 11.8 Å². The molecule has 0 aromatic rings. The third-order valence-electron chi connectivity index (χ3n) is 1.12. The van der Waals surface area contributed by atoms with Gasteiger partial charge in [0, 0.05) is 0 Å². The first-order valence-corrected chi connectivity index (χ1v) is 3.50. The van der Waals surface area contributed by atoms with Crippen LogP contribution in [0.5, 0.6) is 0 Å². The van der Waals surface area contributed by atoms with Crippen molar-refractivity contribution in [2.45, 2.75) is 25.4 Å². The van der Waals surface area contributed by atoms with Crippen LogP contribution in [0.2, 0.25) is 6.32 Å². The first kappa shape index (κ1) is 5.42. The Kier molecular flexibility index (Phi) is 1.58. The van der Waals surface area contributed by atoms with E-state index in [1.165, 1.54) is 11.1 Å². The third kappa shape index (κ3) is 1.34. The molecule has 0 bridgehead atoms. The molecular weight excluding hydrogens is 103 g/mol. The predicted molar refractivity (Wildman–Crippen MR) is 38.3 cm³/mol. The van der Waals surface area contributed by atoms with Crippen LogP contribution in [-0.2, 0) is 0 Å². The Morgan fingerprint density at radius 2 is 2.57 bits per heavy atom. The summed E-state index contributed by atoms with van der Waals surface area (Å²) in [6.45, 7) is 6.74. The van der Waals surface area contributed by atoms with Crippen molar-refractivity contribution in [3.8, 4) is 0 Å². The quantitative estimate of drug-likeness (QED) is 0.426. The van der Waals surface area contributed by atoms with Crippen LogP contribution in [0.25, 0.3) is 0 Å². The molecule has 0 nitrogen and oxygen atoms in total. The van der Waals surface area contributed by atoms with Gasteiger partial charge in [-0.1, -0.05) is 0 Å². The van der Waals surface area contributed by atoms with Crippen molar-refractivity contribution in [2.24, 2.45) is 0 Å². The van der Waals surface area contributed by atoms with Crippen LogP contribution in [0.15, 0.2) is 0 Å². The second-order valence-electron chi connectivity index (χ2n) is 1.98. The zero-order chi connectivity index (χ0) is 5.28. The summed E-state index contributed by atoms with van der Waals surface area (Å²) in [7, 11) is 0. The zero-order valence-electron chi connectivity index (χ0n) is 4.77. The van der Waals surface area contributed by atoms with Gasteiger partial charge < -0.3 is 0 Å². The monoisotopic (exact) mass is 112 g/mol. The van der Waals surface area contributed by atoms with Gasteiger partial charge in [0.25, 0.3) is 0 Å². The van der Waals surface area contributed by atoms with Crippen LogP contribution in [-0.4, -0.2) is 17.0 Å². The molecule has 1 heterocycles. The Bertz CT molecular complexity index is 98.3. The molecule has 0 spiro atoms. The van der Waals surface area contributed by atoms with Gasteiger partial charge in [-0.15, -0.1) is 0 Å². The van der Waals surface area contributed by atoms with Gasteiger partial charge in [0.2, 0.25) is 0 Å². The Balaban J connectivity index is 2.42. The third-order valence-corrected chi connectivity index (χ3v) is 2.26. The van der Waals surface area contributed by atoms with Crippen molar-refractivity contribution in [3.05, 3.63) is 0 Å². The van der Waals surface area contributed by atoms with Crippen molar-refractivity contribution in [2.75, 3.05) is 0 Å². The van der Waals surface area contributed by atoms with Crippen LogP contribution >= 0.6 is 11.8 Å². The summed E-state index contributed by atoms with van der Waals surface area (Å²) in [5, 5.41) is 0.847. The summed E-state index contributed by atoms with van der Waals surface area (Å²) in [5.41, 5.74) is 0. The van der Waals surface area contributed by atoms with E-state index < -0.39 is 0 Å². The molecular formula is C5H9BS. The van der Waals surface area contributed by atoms with Gasteiger partial charge in [-0.3, -0.25) is 0 Å². The fourth-order valence-corrected chi connectivity index (χ4v) is 1.77. The average Bonchev–Trinajstić information content (AvgIpc) is 1.87. The molecule has 0 fully saturated rings. The van der Waals surface area contributed by atoms with Crippen molar-refractivity contribution >= 4 is 23.5 Å². The van der Waals surface area contributed by atoms with E-state index >= 15 is 0 Å². The first-order valence-electron chi connectivity index (χ1n) is 2.62. The molecule has 0 saturated carbocycles. The number of rotatable bonds is 0. The van der Waals surface area contributed by atoms with E-state index in [0.29, 0.717) is 0 Å². The topological polar surface area (TPSA) is 0 Å². The van der Waals surface area contributed by atoms with Gasteiger partial charge in [0.1, 0.15) is 0 Å². The molecule has 2 heteroatoms. The first-order chi connectivity index (χ1) is 3.29. The maximum absolute atomic E-state index is 2.30. The minimum atomic E-state index is 0.847. The second kappa shape index (κ2) is 2.04. The van der Waals surface area contributed by atoms with Gasteiger partial charge in [0.15, 0.2) is 0 Å². The molecule has 0 aliphatic carbocycles. The SMILES string of the molecule is CC1=BCC(C)S1. The van der Waals surface area contributed by atoms with Crippen LogP contribution in [0.1, 0.15) is 13.8 Å². The minimum absolute atomic E-state index is 0.847. The molecule has 1 rings (SSSR count). The van der Waals surface area contributed by atoms with E-state index in [2.05, 4.69) is 20.8 Å². The van der Waals surface area contributed by atoms with Gasteiger partial charge in [-0.05, 0) is 0 Å². The molecule has 0 aromatic heterocycles. The molecule has 1 unspecified atom stereocenters. The fraction of sp³-hybridized carbons (Fsp3) is 0.800. The Hall–Kier alpha value is 0.285. The van der Waals surface area contributed by atoms with Crippen molar-refractivity contribution in [1.29, 1.82) is 0 Å². The summed E-state index contributed by atoms with van der Waals surface area (Å²) in [6.07, 6.45) is 1.27. The van der Waals surface area contributed by atoms with E-state index in [4.69, 9.17) is 0 Å². The summed E-state index contributed by atoms with van der Waals surface area (Å²) >= 11 is 1.98. The molecule has 0 N–H and O–H groups in total. The second-order valence-corrected chi connectivity index (χ2v) is 3.66. The Morgan fingerprint density at radius 3 is 2.71 bits per heavy atom. The molecule has 0 aromatic carbocycles. The van der Waals surface area contributed by atoms with Crippen molar-refractivity contribution in [3.63, 3.8) is 0 Å². The van der Waals surface area contributed by atoms with Crippen LogP contribution in [0.3, 0.4) is 0 Å². The number of hydrogen-bond donors (Lipinski definition) is 0. The summed E-state index contributed by atoms with van der Waals surface area (Å²) < 4.78 is 0. The zero-order valence-corrected chi connectivity index (χ0v) is 5.59. The molecule has 0 radical (unpaired) electrons. The Labute approximate surface area is 49.6 Å². The molecule has 1 aliphatic rings. The van der Waals surface area contributed by atoms with Gasteiger partial charge in [-0.25, -0.2) is 0 Å². The number of hydrogen-bond acceptors (Lipinski definition) is 1. The standard InChI is InChI=1S/C5H9BS/c1-4-3-6-5(2)7-4/h4H,3H2,1-2H3. The Morgan fingerprint density at radius 1 is 1.86 bits per heavy atom. The van der Waals surface area contributed by atoms with Crippen LogP contribution < -0.4 is 0 Å². The van der Waals surface area contributed by atoms with Crippen LogP contribution in [0.4, 0.5) is 0 Å². The summed E-state index contributed by atoms with van der Waals surface area (Å²) in [5.74, 6) is 0. The molecule has 7 heavy (non-hydrogen) atoms. The van der Waals surface area contributed by atoms with E-state index in [9.17, 15) is 0 Å². The van der Waals surface area contributed by atoms with Gasteiger partial charge >= 0.3 is 48.9 Å². The van der Waals surface area contributed by atoms with Gasteiger partial charge in [0.05, 0.1) is 0 Å². The molecule has 38 valence electrons. The van der Waals surface area contributed by atoms with E-state index in [0.717, 1.165) is 5.25 Å². The number of thioether (sulfide) groups is 1. The molecule has 0 saturated heterocycles. The van der Waals surface area contributed by atoms with E-state index in [1.54, 1.807) is 0 Å². The van der Waals surface area contributed by atoms with E-state index in [-0.39, 0.29) is 0 Å². The predicted octanol–water partition coefficient (Wildman–Crippen LogP) is 1.39. The summed E-state index contributed by atoms with van der Waals surface area (Å²) in [6, 6.07) is 0. The molecule has 1 aliphatic heterocycles.